The molecule has 1 atom stereocenters. The van der Waals surface area contributed by atoms with E-state index in [2.05, 4.69) is 17.3 Å². The molecule has 1 fully saturated rings. The highest BCUT2D eigenvalue weighted by atomic mass is 19.2. The van der Waals surface area contributed by atoms with E-state index in [1.807, 2.05) is 0 Å². The molecule has 5 heteroatoms. The summed E-state index contributed by atoms with van der Waals surface area (Å²) in [5, 5.41) is 2.95. The second kappa shape index (κ2) is 6.28. The summed E-state index contributed by atoms with van der Waals surface area (Å²) in [5.41, 5.74) is 0.287. The van der Waals surface area contributed by atoms with E-state index in [1.165, 1.54) is 12.8 Å². The molecule has 1 unspecified atom stereocenters. The van der Waals surface area contributed by atoms with Crippen LogP contribution in [0, 0.1) is 17.5 Å². The predicted molar refractivity (Wildman–Crippen MR) is 69.7 cm³/mol. The highest BCUT2D eigenvalue weighted by Crippen LogP contribution is 2.20. The second-order valence-corrected chi connectivity index (χ2v) is 5.10. The smallest absolute Gasteiger partial charge is 0.194 e. The Hall–Kier alpha value is -1.23. The molecule has 0 aromatic heterocycles. The van der Waals surface area contributed by atoms with Gasteiger partial charge in [0, 0.05) is 30.4 Å². The molecule has 0 aliphatic carbocycles. The molecule has 0 amide bonds. The number of hydrogen-bond donors (Lipinski definition) is 1. The SMILES string of the molecule is CN1CCCCC1CCNc1cc(F)c(F)c(F)c1. The molecule has 2 nitrogen and oxygen atoms in total. The normalized spacial score (nSPS) is 20.5. The first kappa shape index (κ1) is 14.2. The molecule has 1 aliphatic rings. The van der Waals surface area contributed by atoms with Gasteiger partial charge in [0.05, 0.1) is 0 Å². The molecule has 106 valence electrons. The minimum Gasteiger partial charge on any atom is -0.385 e. The fourth-order valence-electron chi connectivity index (χ4n) is 2.55. The molecule has 0 saturated carbocycles. The van der Waals surface area contributed by atoms with Gasteiger partial charge in [-0.05, 0) is 32.9 Å². The zero-order valence-corrected chi connectivity index (χ0v) is 11.1. The summed E-state index contributed by atoms with van der Waals surface area (Å²) >= 11 is 0. The van der Waals surface area contributed by atoms with E-state index in [9.17, 15) is 13.2 Å². The number of anilines is 1. The molecule has 0 spiro atoms. The number of benzene rings is 1. The van der Waals surface area contributed by atoms with Gasteiger partial charge in [-0.3, -0.25) is 0 Å². The average molecular weight is 272 g/mol. The van der Waals surface area contributed by atoms with Crippen LogP contribution in [0.15, 0.2) is 12.1 Å². The van der Waals surface area contributed by atoms with Crippen molar-refractivity contribution in [2.75, 3.05) is 25.5 Å². The third-order valence-corrected chi connectivity index (χ3v) is 3.71. The summed E-state index contributed by atoms with van der Waals surface area (Å²) in [4.78, 5) is 2.32. The van der Waals surface area contributed by atoms with Gasteiger partial charge in [-0.15, -0.1) is 0 Å². The third kappa shape index (κ3) is 3.62. The number of halogens is 3. The molecule has 1 heterocycles. The van der Waals surface area contributed by atoms with E-state index in [4.69, 9.17) is 0 Å². The second-order valence-electron chi connectivity index (χ2n) is 5.10. The van der Waals surface area contributed by atoms with Gasteiger partial charge >= 0.3 is 0 Å². The molecule has 19 heavy (non-hydrogen) atoms. The van der Waals surface area contributed by atoms with Gasteiger partial charge in [-0.2, -0.15) is 0 Å². The van der Waals surface area contributed by atoms with Gasteiger partial charge in [0.1, 0.15) is 0 Å². The van der Waals surface area contributed by atoms with Gasteiger partial charge in [-0.25, -0.2) is 13.2 Å². The maximum atomic E-state index is 13.0. The van der Waals surface area contributed by atoms with Crippen molar-refractivity contribution in [3.8, 4) is 0 Å². The molecule has 1 N–H and O–H groups in total. The summed E-state index contributed by atoms with van der Waals surface area (Å²) in [7, 11) is 2.10. The monoisotopic (exact) mass is 272 g/mol. The van der Waals surface area contributed by atoms with Crippen LogP contribution in [0.4, 0.5) is 18.9 Å². The number of rotatable bonds is 4. The van der Waals surface area contributed by atoms with Crippen molar-refractivity contribution in [1.29, 1.82) is 0 Å². The number of nitrogens with one attached hydrogen (secondary N) is 1. The molecule has 1 aromatic carbocycles. The molecule has 1 aliphatic heterocycles. The Morgan fingerprint density at radius 3 is 2.53 bits per heavy atom. The third-order valence-electron chi connectivity index (χ3n) is 3.71. The summed E-state index contributed by atoms with van der Waals surface area (Å²) in [6.45, 7) is 1.73. The lowest BCUT2D eigenvalue weighted by Crippen LogP contribution is -2.37. The Labute approximate surface area is 111 Å². The van der Waals surface area contributed by atoms with Gasteiger partial charge in [-0.1, -0.05) is 6.42 Å². The van der Waals surface area contributed by atoms with E-state index in [0.717, 1.165) is 31.5 Å². The summed E-state index contributed by atoms with van der Waals surface area (Å²) in [6, 6.07) is 2.49. The molecule has 0 radical (unpaired) electrons. The average Bonchev–Trinajstić information content (AvgIpc) is 2.38. The minimum atomic E-state index is -1.42. The summed E-state index contributed by atoms with van der Waals surface area (Å²) in [6.07, 6.45) is 4.53. The molecule has 2 rings (SSSR count). The van der Waals surface area contributed by atoms with Crippen molar-refractivity contribution in [2.45, 2.75) is 31.7 Å². The van der Waals surface area contributed by atoms with Crippen LogP contribution in [0.2, 0.25) is 0 Å². The molecule has 1 saturated heterocycles. The minimum absolute atomic E-state index is 0.287. The fourth-order valence-corrected chi connectivity index (χ4v) is 2.55. The number of hydrogen-bond acceptors (Lipinski definition) is 2. The Balaban J connectivity index is 1.85. The zero-order valence-electron chi connectivity index (χ0n) is 11.1. The van der Waals surface area contributed by atoms with Crippen molar-refractivity contribution in [1.82, 2.24) is 4.90 Å². The standard InChI is InChI=1S/C14H19F3N2/c1-19-7-3-2-4-11(19)5-6-18-10-8-12(15)14(17)13(16)9-10/h8-9,11,18H,2-7H2,1H3. The number of piperidine rings is 1. The Morgan fingerprint density at radius 1 is 1.21 bits per heavy atom. The first-order chi connectivity index (χ1) is 9.08. The van der Waals surface area contributed by atoms with E-state index in [0.29, 0.717) is 12.6 Å². The fraction of sp³-hybridized carbons (Fsp3) is 0.571. The quantitative estimate of drug-likeness (QED) is 0.845. The largest absolute Gasteiger partial charge is 0.385 e. The Bertz CT molecular complexity index is 414. The van der Waals surface area contributed by atoms with E-state index < -0.39 is 17.5 Å². The first-order valence-corrected chi connectivity index (χ1v) is 6.66. The Kier molecular flexibility index (Phi) is 4.69. The molecule has 1 aromatic rings. The number of nitrogens with zero attached hydrogens (tertiary/aromatic N) is 1. The van der Waals surface area contributed by atoms with Crippen LogP contribution in [0.3, 0.4) is 0 Å². The highest BCUT2D eigenvalue weighted by Gasteiger charge is 2.18. The van der Waals surface area contributed by atoms with Crippen LogP contribution in [0.5, 0.6) is 0 Å². The molecule has 0 bridgehead atoms. The van der Waals surface area contributed by atoms with Crippen LogP contribution in [-0.2, 0) is 0 Å². The van der Waals surface area contributed by atoms with Gasteiger partial charge in [0.15, 0.2) is 17.5 Å². The van der Waals surface area contributed by atoms with Crippen molar-refractivity contribution in [2.24, 2.45) is 0 Å². The van der Waals surface area contributed by atoms with E-state index in [1.54, 1.807) is 0 Å². The van der Waals surface area contributed by atoms with Gasteiger partial charge < -0.3 is 10.2 Å². The van der Waals surface area contributed by atoms with Crippen molar-refractivity contribution in [3.63, 3.8) is 0 Å². The summed E-state index contributed by atoms with van der Waals surface area (Å²) in [5.74, 6) is -3.73. The van der Waals surface area contributed by atoms with Crippen LogP contribution in [0.1, 0.15) is 25.7 Å². The maximum Gasteiger partial charge on any atom is 0.194 e. The Morgan fingerprint density at radius 2 is 1.89 bits per heavy atom. The van der Waals surface area contributed by atoms with Gasteiger partial charge in [0.2, 0.25) is 0 Å². The molecular formula is C14H19F3N2. The lowest BCUT2D eigenvalue weighted by Gasteiger charge is -2.32. The predicted octanol–water partition coefficient (Wildman–Crippen LogP) is 3.39. The summed E-state index contributed by atoms with van der Waals surface area (Å²) < 4.78 is 38.8. The van der Waals surface area contributed by atoms with Crippen molar-refractivity contribution in [3.05, 3.63) is 29.6 Å². The van der Waals surface area contributed by atoms with Crippen molar-refractivity contribution < 1.29 is 13.2 Å². The van der Waals surface area contributed by atoms with E-state index >= 15 is 0 Å². The van der Waals surface area contributed by atoms with Crippen LogP contribution in [0.25, 0.3) is 0 Å². The zero-order chi connectivity index (χ0) is 13.8. The molecular weight excluding hydrogens is 253 g/mol. The van der Waals surface area contributed by atoms with E-state index in [-0.39, 0.29) is 5.69 Å². The van der Waals surface area contributed by atoms with Crippen LogP contribution < -0.4 is 5.32 Å². The highest BCUT2D eigenvalue weighted by molar-refractivity contribution is 5.44. The topological polar surface area (TPSA) is 15.3 Å². The lowest BCUT2D eigenvalue weighted by atomic mass is 10.0. The van der Waals surface area contributed by atoms with Crippen molar-refractivity contribution >= 4 is 5.69 Å². The van der Waals surface area contributed by atoms with Crippen LogP contribution in [-0.4, -0.2) is 31.1 Å². The first-order valence-electron chi connectivity index (χ1n) is 6.66. The lowest BCUT2D eigenvalue weighted by molar-refractivity contribution is 0.179. The number of likely N-dealkylation sites (tertiary alicyclic amines) is 1. The van der Waals surface area contributed by atoms with Gasteiger partial charge in [0.25, 0.3) is 0 Å². The van der Waals surface area contributed by atoms with Crippen LogP contribution >= 0.6 is 0 Å². The maximum absolute atomic E-state index is 13.0.